The van der Waals surface area contributed by atoms with Crippen LogP contribution in [0.2, 0.25) is 0 Å². The van der Waals surface area contributed by atoms with Gasteiger partial charge >= 0.3 is 0 Å². The van der Waals surface area contributed by atoms with Gasteiger partial charge in [0.1, 0.15) is 5.75 Å². The topological polar surface area (TPSA) is 73.2 Å². The van der Waals surface area contributed by atoms with Gasteiger partial charge in [-0.2, -0.15) is 0 Å². The third-order valence-electron chi connectivity index (χ3n) is 3.54. The molecule has 0 radical (unpaired) electrons. The van der Waals surface area contributed by atoms with E-state index in [0.29, 0.717) is 31.0 Å². The molecule has 0 spiro atoms. The largest absolute Gasteiger partial charge is 0.494 e. The van der Waals surface area contributed by atoms with Crippen molar-refractivity contribution < 1.29 is 9.53 Å². The van der Waals surface area contributed by atoms with Crippen LogP contribution in [0.1, 0.15) is 35.8 Å². The summed E-state index contributed by atoms with van der Waals surface area (Å²) in [6.45, 7) is 5.30. The minimum Gasteiger partial charge on any atom is -0.494 e. The lowest BCUT2D eigenvalue weighted by molar-refractivity contribution is 0.0952. The molecule has 0 aliphatic carbocycles. The first-order valence-corrected chi connectivity index (χ1v) is 8.14. The van der Waals surface area contributed by atoms with Gasteiger partial charge in [0.05, 0.1) is 12.9 Å². The molecule has 1 amide bonds. The van der Waals surface area contributed by atoms with E-state index in [4.69, 9.17) is 4.74 Å². The second-order valence-electron chi connectivity index (χ2n) is 5.54. The summed E-state index contributed by atoms with van der Waals surface area (Å²) < 4.78 is 7.04. The number of carbonyl (C=O) groups excluding carboxylic acids is 1. The van der Waals surface area contributed by atoms with Crippen molar-refractivity contribution in [3.05, 3.63) is 58.3 Å². The molecule has 0 bridgehead atoms. The Morgan fingerprint density at radius 1 is 1.29 bits per heavy atom. The van der Waals surface area contributed by atoms with Crippen molar-refractivity contribution in [2.45, 2.75) is 33.2 Å². The van der Waals surface area contributed by atoms with Crippen molar-refractivity contribution in [1.29, 1.82) is 0 Å². The monoisotopic (exact) mass is 329 g/mol. The number of benzene rings is 1. The first-order valence-electron chi connectivity index (χ1n) is 8.14. The number of rotatable bonds is 8. The fourth-order valence-corrected chi connectivity index (χ4v) is 2.11. The van der Waals surface area contributed by atoms with E-state index in [1.165, 1.54) is 17.0 Å². The summed E-state index contributed by atoms with van der Waals surface area (Å²) in [4.78, 5) is 27.9. The molecule has 2 aromatic rings. The molecule has 2 rings (SSSR count). The summed E-state index contributed by atoms with van der Waals surface area (Å²) in [6, 6.07) is 8.52. The number of aromatic nitrogens is 2. The van der Waals surface area contributed by atoms with Crippen LogP contribution in [0.5, 0.6) is 5.75 Å². The Hall–Kier alpha value is -2.63. The number of nitrogens with one attached hydrogen (secondary N) is 1. The van der Waals surface area contributed by atoms with Gasteiger partial charge in [-0.1, -0.05) is 13.3 Å². The lowest BCUT2D eigenvalue weighted by Gasteiger charge is -2.09. The highest BCUT2D eigenvalue weighted by Gasteiger charge is 2.05. The molecule has 0 unspecified atom stereocenters. The molecule has 1 aromatic carbocycles. The zero-order valence-corrected chi connectivity index (χ0v) is 14.1. The van der Waals surface area contributed by atoms with Crippen molar-refractivity contribution in [2.24, 2.45) is 0 Å². The zero-order valence-electron chi connectivity index (χ0n) is 14.1. The minimum atomic E-state index is -0.178. The predicted octanol–water partition coefficient (Wildman–Crippen LogP) is 2.16. The Bertz CT molecular complexity index is 723. The molecule has 1 heterocycles. The molecular weight excluding hydrogens is 306 g/mol. The van der Waals surface area contributed by atoms with Crippen LogP contribution >= 0.6 is 0 Å². The maximum Gasteiger partial charge on any atom is 0.253 e. The van der Waals surface area contributed by atoms with Crippen LogP contribution in [0.3, 0.4) is 0 Å². The zero-order chi connectivity index (χ0) is 17.4. The Labute approximate surface area is 141 Å². The summed E-state index contributed by atoms with van der Waals surface area (Å²) >= 11 is 0. The fourth-order valence-electron chi connectivity index (χ4n) is 2.11. The standard InChI is InChI=1S/C18H23N3O3/c1-3-4-11-24-16-7-5-15(6-8-16)18(23)19-9-10-21-13-20-14(2)12-17(21)22/h5-8,12-13H,3-4,9-11H2,1-2H3,(H,19,23). The third kappa shape index (κ3) is 5.22. The van der Waals surface area contributed by atoms with Gasteiger partial charge in [-0.3, -0.25) is 14.2 Å². The van der Waals surface area contributed by atoms with Crippen LogP contribution in [0.4, 0.5) is 0 Å². The third-order valence-corrected chi connectivity index (χ3v) is 3.54. The second kappa shape index (κ2) is 8.86. The Balaban J connectivity index is 1.82. The normalized spacial score (nSPS) is 10.4. The molecule has 24 heavy (non-hydrogen) atoms. The van der Waals surface area contributed by atoms with Gasteiger partial charge in [-0.15, -0.1) is 0 Å². The molecule has 128 valence electrons. The van der Waals surface area contributed by atoms with E-state index in [1.807, 2.05) is 0 Å². The molecule has 0 saturated carbocycles. The summed E-state index contributed by atoms with van der Waals surface area (Å²) in [5, 5.41) is 2.79. The summed E-state index contributed by atoms with van der Waals surface area (Å²) in [7, 11) is 0. The Morgan fingerprint density at radius 2 is 2.04 bits per heavy atom. The number of carbonyl (C=O) groups is 1. The average molecular weight is 329 g/mol. The van der Waals surface area contributed by atoms with Crippen molar-refractivity contribution >= 4 is 5.91 Å². The van der Waals surface area contributed by atoms with E-state index < -0.39 is 0 Å². The Kier molecular flexibility index (Phi) is 6.54. The minimum absolute atomic E-state index is 0.120. The molecule has 6 nitrogen and oxygen atoms in total. The molecule has 0 aliphatic heterocycles. The van der Waals surface area contributed by atoms with Crippen LogP contribution < -0.4 is 15.6 Å². The molecule has 0 fully saturated rings. The fraction of sp³-hybridized carbons (Fsp3) is 0.389. The highest BCUT2D eigenvalue weighted by Crippen LogP contribution is 2.12. The van der Waals surface area contributed by atoms with Crippen molar-refractivity contribution in [3.63, 3.8) is 0 Å². The SMILES string of the molecule is CCCCOc1ccc(C(=O)NCCn2cnc(C)cc2=O)cc1. The predicted molar refractivity (Wildman–Crippen MR) is 92.4 cm³/mol. The van der Waals surface area contributed by atoms with Crippen molar-refractivity contribution in [2.75, 3.05) is 13.2 Å². The van der Waals surface area contributed by atoms with Crippen LogP contribution in [0.15, 0.2) is 41.5 Å². The maximum atomic E-state index is 12.1. The number of aryl methyl sites for hydroxylation is 1. The smallest absolute Gasteiger partial charge is 0.253 e. The molecule has 0 aliphatic rings. The quantitative estimate of drug-likeness (QED) is 0.753. The highest BCUT2D eigenvalue weighted by atomic mass is 16.5. The van der Waals surface area contributed by atoms with E-state index in [1.54, 1.807) is 31.2 Å². The van der Waals surface area contributed by atoms with Crippen molar-refractivity contribution in [1.82, 2.24) is 14.9 Å². The molecule has 1 N–H and O–H groups in total. The summed E-state index contributed by atoms with van der Waals surface area (Å²) in [5.41, 5.74) is 1.12. The number of ether oxygens (including phenoxy) is 1. The van der Waals surface area contributed by atoms with E-state index in [0.717, 1.165) is 18.6 Å². The van der Waals surface area contributed by atoms with E-state index in [2.05, 4.69) is 17.2 Å². The molecule has 1 aromatic heterocycles. The van der Waals surface area contributed by atoms with E-state index in [-0.39, 0.29) is 11.5 Å². The molecule has 0 atom stereocenters. The van der Waals surface area contributed by atoms with Crippen LogP contribution in [-0.2, 0) is 6.54 Å². The first kappa shape index (κ1) is 17.7. The average Bonchev–Trinajstić information content (AvgIpc) is 2.57. The van der Waals surface area contributed by atoms with Gasteiger partial charge in [0, 0.05) is 30.4 Å². The summed E-state index contributed by atoms with van der Waals surface area (Å²) in [5.74, 6) is 0.584. The lowest BCUT2D eigenvalue weighted by Crippen LogP contribution is -2.30. The van der Waals surface area contributed by atoms with Gasteiger partial charge in [0.2, 0.25) is 0 Å². The number of hydrogen-bond donors (Lipinski definition) is 1. The highest BCUT2D eigenvalue weighted by molar-refractivity contribution is 5.94. The summed E-state index contributed by atoms with van der Waals surface area (Å²) in [6.07, 6.45) is 3.59. The van der Waals surface area contributed by atoms with Gasteiger partial charge in [0.25, 0.3) is 11.5 Å². The Morgan fingerprint density at radius 3 is 2.71 bits per heavy atom. The van der Waals surface area contributed by atoms with E-state index in [9.17, 15) is 9.59 Å². The van der Waals surface area contributed by atoms with Gasteiger partial charge in [-0.05, 0) is 37.6 Å². The van der Waals surface area contributed by atoms with Gasteiger partial charge in [-0.25, -0.2) is 4.98 Å². The van der Waals surface area contributed by atoms with Crippen molar-refractivity contribution in [3.8, 4) is 5.75 Å². The van der Waals surface area contributed by atoms with Crippen LogP contribution in [0, 0.1) is 6.92 Å². The number of hydrogen-bond acceptors (Lipinski definition) is 4. The number of amides is 1. The van der Waals surface area contributed by atoms with E-state index >= 15 is 0 Å². The first-order chi connectivity index (χ1) is 11.6. The molecular formula is C18H23N3O3. The van der Waals surface area contributed by atoms with Crippen LogP contribution in [0.25, 0.3) is 0 Å². The number of nitrogens with zero attached hydrogens (tertiary/aromatic N) is 2. The molecule has 6 heteroatoms. The maximum absolute atomic E-state index is 12.1. The lowest BCUT2D eigenvalue weighted by atomic mass is 10.2. The second-order valence-corrected chi connectivity index (χ2v) is 5.54. The van der Waals surface area contributed by atoms with Crippen LogP contribution in [-0.4, -0.2) is 28.6 Å². The number of unbranched alkanes of at least 4 members (excludes halogenated alkanes) is 1. The molecule has 0 saturated heterocycles. The van der Waals surface area contributed by atoms with Gasteiger partial charge in [0.15, 0.2) is 0 Å². The van der Waals surface area contributed by atoms with Gasteiger partial charge < -0.3 is 10.1 Å².